The molecule has 0 fully saturated rings. The Morgan fingerprint density at radius 2 is 1.82 bits per heavy atom. The zero-order chi connectivity index (χ0) is 20.9. The molecule has 0 spiro atoms. The highest BCUT2D eigenvalue weighted by Crippen LogP contribution is 2.32. The van der Waals surface area contributed by atoms with Gasteiger partial charge in [0, 0.05) is 21.3 Å². The highest BCUT2D eigenvalue weighted by atomic mass is 35.5. The smallest absolute Gasteiger partial charge is 0.407 e. The van der Waals surface area contributed by atoms with E-state index in [4.69, 9.17) is 38.4 Å². The van der Waals surface area contributed by atoms with Gasteiger partial charge < -0.3 is 20.5 Å². The van der Waals surface area contributed by atoms with E-state index in [2.05, 4.69) is 5.32 Å². The maximum atomic E-state index is 12.2. The Morgan fingerprint density at radius 1 is 1.11 bits per heavy atom. The molecule has 150 valence electrons. The summed E-state index contributed by atoms with van der Waals surface area (Å²) in [6.07, 6.45) is -0.577. The number of nitrogen functional groups attached to an aromatic ring is 1. The van der Waals surface area contributed by atoms with Crippen LogP contribution >= 0.6 is 23.2 Å². The molecular formula is C20H22Cl2N2O4. The Balaban J connectivity index is 1.95. The summed E-state index contributed by atoms with van der Waals surface area (Å²) in [7, 11) is 0. The second kappa shape index (κ2) is 9.17. The van der Waals surface area contributed by atoms with Crippen molar-refractivity contribution >= 4 is 41.0 Å². The molecule has 0 aliphatic carbocycles. The second-order valence-electron chi connectivity index (χ2n) is 6.99. The normalized spacial score (nSPS) is 11.0. The highest BCUT2D eigenvalue weighted by Gasteiger charge is 2.16. The Bertz CT molecular complexity index is 879. The van der Waals surface area contributed by atoms with Gasteiger partial charge >= 0.3 is 12.1 Å². The van der Waals surface area contributed by atoms with E-state index in [0.717, 1.165) is 11.1 Å². The molecule has 6 nitrogen and oxygen atoms in total. The molecule has 0 heterocycles. The summed E-state index contributed by atoms with van der Waals surface area (Å²) >= 11 is 12.1. The Kier molecular flexibility index (Phi) is 7.16. The van der Waals surface area contributed by atoms with E-state index in [1.807, 2.05) is 0 Å². The summed E-state index contributed by atoms with van der Waals surface area (Å²) in [5.41, 5.74) is 7.40. The van der Waals surface area contributed by atoms with Crippen molar-refractivity contribution in [3.05, 3.63) is 52.0 Å². The molecule has 28 heavy (non-hydrogen) atoms. The molecule has 2 aromatic carbocycles. The van der Waals surface area contributed by atoms with Gasteiger partial charge in [-0.2, -0.15) is 0 Å². The van der Waals surface area contributed by atoms with E-state index >= 15 is 0 Å². The van der Waals surface area contributed by atoms with Crippen LogP contribution in [0.1, 0.15) is 31.1 Å². The van der Waals surface area contributed by atoms with Gasteiger partial charge in [0.05, 0.1) is 12.1 Å². The first-order chi connectivity index (χ1) is 13.1. The summed E-state index contributed by atoms with van der Waals surface area (Å²) in [5.74, 6) is -0.586. The highest BCUT2D eigenvalue weighted by molar-refractivity contribution is 6.36. The SMILES string of the molecule is CC(C)(C)OC(=O)NCCOC(=O)c1ccc(-c2ccc(Cl)cc2Cl)cc1N. The van der Waals surface area contributed by atoms with Crippen LogP contribution in [0.15, 0.2) is 36.4 Å². The van der Waals surface area contributed by atoms with Crippen LogP contribution in [0.4, 0.5) is 10.5 Å². The first kappa shape index (κ1) is 21.9. The number of halogens is 2. The third-order valence-corrected chi connectivity index (χ3v) is 4.06. The number of ether oxygens (including phenoxy) is 2. The molecule has 8 heteroatoms. The topological polar surface area (TPSA) is 90.6 Å². The van der Waals surface area contributed by atoms with Crippen molar-refractivity contribution in [2.75, 3.05) is 18.9 Å². The number of rotatable bonds is 5. The number of nitrogens with two attached hydrogens (primary N) is 1. The Labute approximate surface area is 173 Å². The van der Waals surface area contributed by atoms with E-state index in [-0.39, 0.29) is 24.4 Å². The molecule has 0 saturated carbocycles. The number of carbonyl (C=O) groups excluding carboxylic acids is 2. The minimum absolute atomic E-state index is 0.0116. The first-order valence-corrected chi connectivity index (χ1v) is 9.31. The number of carbonyl (C=O) groups is 2. The van der Waals surface area contributed by atoms with Gasteiger partial charge in [-0.25, -0.2) is 9.59 Å². The fourth-order valence-corrected chi connectivity index (χ4v) is 2.85. The van der Waals surface area contributed by atoms with Crippen LogP contribution in [0.5, 0.6) is 0 Å². The summed E-state index contributed by atoms with van der Waals surface area (Å²) in [6.45, 7) is 5.39. The molecule has 0 aliphatic heterocycles. The lowest BCUT2D eigenvalue weighted by Gasteiger charge is -2.19. The van der Waals surface area contributed by atoms with Gasteiger partial charge in [0.1, 0.15) is 12.2 Å². The van der Waals surface area contributed by atoms with E-state index in [1.54, 1.807) is 57.2 Å². The number of amides is 1. The number of alkyl carbamates (subject to hydrolysis) is 1. The summed E-state index contributed by atoms with van der Waals surface area (Å²) in [4.78, 5) is 23.7. The summed E-state index contributed by atoms with van der Waals surface area (Å²) in [5, 5.41) is 3.52. The molecule has 0 unspecified atom stereocenters. The molecular weight excluding hydrogens is 403 g/mol. The minimum Gasteiger partial charge on any atom is -0.460 e. The average Bonchev–Trinajstić information content (AvgIpc) is 2.57. The third kappa shape index (κ3) is 6.32. The van der Waals surface area contributed by atoms with Crippen molar-refractivity contribution in [3.63, 3.8) is 0 Å². The minimum atomic E-state index is -0.593. The largest absolute Gasteiger partial charge is 0.460 e. The Hall–Kier alpha value is -2.44. The zero-order valence-electron chi connectivity index (χ0n) is 15.8. The number of benzene rings is 2. The molecule has 3 N–H and O–H groups in total. The van der Waals surface area contributed by atoms with Crippen molar-refractivity contribution in [3.8, 4) is 11.1 Å². The fourth-order valence-electron chi connectivity index (χ4n) is 2.33. The molecule has 0 radical (unpaired) electrons. The quantitative estimate of drug-likeness (QED) is 0.403. The van der Waals surface area contributed by atoms with Crippen LogP contribution in [0, 0.1) is 0 Å². The van der Waals surface area contributed by atoms with Gasteiger partial charge in [-0.15, -0.1) is 0 Å². The molecule has 1 amide bonds. The summed E-state index contributed by atoms with van der Waals surface area (Å²) in [6, 6.07) is 10.1. The molecule has 0 aromatic heterocycles. The molecule has 0 atom stereocenters. The number of nitrogens with one attached hydrogen (secondary N) is 1. The van der Waals surface area contributed by atoms with Crippen molar-refractivity contribution < 1.29 is 19.1 Å². The monoisotopic (exact) mass is 424 g/mol. The number of hydrogen-bond acceptors (Lipinski definition) is 5. The van der Waals surface area contributed by atoms with E-state index in [1.165, 1.54) is 0 Å². The van der Waals surface area contributed by atoms with Crippen LogP contribution in [-0.4, -0.2) is 30.8 Å². The average molecular weight is 425 g/mol. The molecule has 2 aromatic rings. The van der Waals surface area contributed by atoms with Crippen LogP contribution in [-0.2, 0) is 9.47 Å². The molecule has 0 saturated heterocycles. The maximum Gasteiger partial charge on any atom is 0.407 e. The van der Waals surface area contributed by atoms with Crippen molar-refractivity contribution in [2.45, 2.75) is 26.4 Å². The number of hydrogen-bond donors (Lipinski definition) is 2. The van der Waals surface area contributed by atoms with Gasteiger partial charge in [0.2, 0.25) is 0 Å². The fraction of sp³-hybridized carbons (Fsp3) is 0.300. The van der Waals surface area contributed by atoms with Crippen LogP contribution in [0.2, 0.25) is 10.0 Å². The van der Waals surface area contributed by atoms with Gasteiger partial charge in [0.25, 0.3) is 0 Å². The Morgan fingerprint density at radius 3 is 2.43 bits per heavy atom. The predicted molar refractivity (Wildman–Crippen MR) is 111 cm³/mol. The lowest BCUT2D eigenvalue weighted by Crippen LogP contribution is -2.34. The maximum absolute atomic E-state index is 12.2. The molecule has 0 aliphatic rings. The number of esters is 1. The lowest BCUT2D eigenvalue weighted by molar-refractivity contribution is 0.0434. The van der Waals surface area contributed by atoms with Crippen molar-refractivity contribution in [1.82, 2.24) is 5.32 Å². The van der Waals surface area contributed by atoms with Gasteiger partial charge in [0.15, 0.2) is 0 Å². The van der Waals surface area contributed by atoms with Crippen LogP contribution < -0.4 is 11.1 Å². The predicted octanol–water partition coefficient (Wildman–Crippen LogP) is 4.92. The van der Waals surface area contributed by atoms with Crippen molar-refractivity contribution in [2.24, 2.45) is 0 Å². The van der Waals surface area contributed by atoms with Crippen LogP contribution in [0.3, 0.4) is 0 Å². The van der Waals surface area contributed by atoms with Gasteiger partial charge in [-0.1, -0.05) is 35.3 Å². The van der Waals surface area contributed by atoms with Gasteiger partial charge in [-0.05, 0) is 50.6 Å². The van der Waals surface area contributed by atoms with Crippen LogP contribution in [0.25, 0.3) is 11.1 Å². The van der Waals surface area contributed by atoms with E-state index < -0.39 is 17.7 Å². The zero-order valence-corrected chi connectivity index (χ0v) is 17.4. The third-order valence-electron chi connectivity index (χ3n) is 3.52. The van der Waals surface area contributed by atoms with Crippen molar-refractivity contribution in [1.29, 1.82) is 0 Å². The lowest BCUT2D eigenvalue weighted by atomic mass is 10.0. The summed E-state index contributed by atoms with van der Waals surface area (Å²) < 4.78 is 10.2. The molecule has 0 bridgehead atoms. The first-order valence-electron chi connectivity index (χ1n) is 8.56. The second-order valence-corrected chi connectivity index (χ2v) is 7.83. The van der Waals surface area contributed by atoms with Gasteiger partial charge in [-0.3, -0.25) is 0 Å². The standard InChI is InChI=1S/C20H22Cl2N2O4/c1-20(2,3)28-19(26)24-8-9-27-18(25)15-6-4-12(10-17(15)23)14-7-5-13(21)11-16(14)22/h4-7,10-11H,8-9,23H2,1-3H3,(H,24,26). The molecule has 2 rings (SSSR count). The van der Waals surface area contributed by atoms with E-state index in [0.29, 0.717) is 10.0 Å². The van der Waals surface area contributed by atoms with E-state index in [9.17, 15) is 9.59 Å². The number of anilines is 1.